The Morgan fingerprint density at radius 3 is 2.83 bits per heavy atom. The molecule has 0 aliphatic carbocycles. The lowest BCUT2D eigenvalue weighted by Gasteiger charge is -2.17. The van der Waals surface area contributed by atoms with Gasteiger partial charge < -0.3 is 10.1 Å². The third-order valence-corrected chi connectivity index (χ3v) is 4.81. The summed E-state index contributed by atoms with van der Waals surface area (Å²) >= 11 is 1.66. The van der Waals surface area contributed by atoms with Gasteiger partial charge in [-0.05, 0) is 42.8 Å². The zero-order chi connectivity index (χ0) is 16.2. The maximum absolute atomic E-state index is 6.01. The monoisotopic (exact) mass is 327 g/mol. The molecule has 0 bridgehead atoms. The van der Waals surface area contributed by atoms with Gasteiger partial charge in [0.05, 0.1) is 17.2 Å². The number of aryl methyl sites for hydroxylation is 1. The molecule has 2 aromatic heterocycles. The zero-order valence-electron chi connectivity index (χ0n) is 13.7. The smallest absolute Gasteiger partial charge is 0.143 e. The Kier molecular flexibility index (Phi) is 4.76. The average Bonchev–Trinajstić information content (AvgIpc) is 3.00. The number of para-hydroxylation sites is 2. The van der Waals surface area contributed by atoms with Gasteiger partial charge in [0, 0.05) is 0 Å². The minimum absolute atomic E-state index is 0.177. The zero-order valence-corrected chi connectivity index (χ0v) is 14.5. The first-order valence-corrected chi connectivity index (χ1v) is 8.84. The highest BCUT2D eigenvalue weighted by Crippen LogP contribution is 2.34. The minimum Gasteiger partial charge on any atom is -0.489 e. The molecule has 5 heteroatoms. The van der Waals surface area contributed by atoms with E-state index < -0.39 is 0 Å². The minimum atomic E-state index is 0.177. The summed E-state index contributed by atoms with van der Waals surface area (Å²) in [6.07, 6.45) is 3.72. The molecule has 1 atom stereocenters. The Bertz CT molecular complexity index is 800. The fourth-order valence-corrected chi connectivity index (χ4v) is 3.38. The molecule has 1 unspecified atom stereocenters. The van der Waals surface area contributed by atoms with Crippen molar-refractivity contribution in [1.29, 1.82) is 0 Å². The predicted molar refractivity (Wildman–Crippen MR) is 96.9 cm³/mol. The standard InChI is InChI=1S/C18H21N3OS/c1-4-12(3)22-15-9-7-6-8-14(15)21-17-16-13(5-2)10-23-18(16)20-11-19-17/h6-12H,4-5H2,1-3H3,(H,19,20,21). The van der Waals surface area contributed by atoms with Crippen molar-refractivity contribution in [3.63, 3.8) is 0 Å². The number of anilines is 2. The summed E-state index contributed by atoms with van der Waals surface area (Å²) in [5.41, 5.74) is 2.20. The second kappa shape index (κ2) is 6.96. The van der Waals surface area contributed by atoms with Crippen LogP contribution in [0, 0.1) is 0 Å². The van der Waals surface area contributed by atoms with Crippen LogP contribution in [0.5, 0.6) is 5.75 Å². The Hall–Kier alpha value is -2.14. The molecule has 3 rings (SSSR count). The molecule has 0 spiro atoms. The van der Waals surface area contributed by atoms with Gasteiger partial charge in [0.15, 0.2) is 0 Å². The topological polar surface area (TPSA) is 47.0 Å². The number of fused-ring (bicyclic) bond motifs is 1. The molecule has 0 saturated carbocycles. The Morgan fingerprint density at radius 1 is 1.22 bits per heavy atom. The van der Waals surface area contributed by atoms with E-state index in [4.69, 9.17) is 4.74 Å². The molecular formula is C18H21N3OS. The van der Waals surface area contributed by atoms with E-state index in [0.29, 0.717) is 0 Å². The van der Waals surface area contributed by atoms with Crippen LogP contribution in [0.25, 0.3) is 10.2 Å². The number of nitrogens with one attached hydrogen (secondary N) is 1. The molecule has 0 amide bonds. The summed E-state index contributed by atoms with van der Waals surface area (Å²) in [7, 11) is 0. The van der Waals surface area contributed by atoms with Gasteiger partial charge in [-0.3, -0.25) is 0 Å². The van der Waals surface area contributed by atoms with Gasteiger partial charge in [-0.2, -0.15) is 0 Å². The lowest BCUT2D eigenvalue weighted by Crippen LogP contribution is -2.11. The van der Waals surface area contributed by atoms with Gasteiger partial charge in [-0.25, -0.2) is 9.97 Å². The van der Waals surface area contributed by atoms with Gasteiger partial charge in [0.2, 0.25) is 0 Å². The first kappa shape index (κ1) is 15.7. The van der Waals surface area contributed by atoms with Gasteiger partial charge in [0.1, 0.15) is 22.7 Å². The molecule has 0 aliphatic rings. The second-order valence-electron chi connectivity index (χ2n) is 5.47. The summed E-state index contributed by atoms with van der Waals surface area (Å²) in [5, 5.41) is 6.70. The number of nitrogens with zero attached hydrogens (tertiary/aromatic N) is 2. The largest absolute Gasteiger partial charge is 0.489 e. The van der Waals surface area contributed by atoms with Crippen molar-refractivity contribution < 1.29 is 4.74 Å². The van der Waals surface area contributed by atoms with E-state index in [1.807, 2.05) is 24.3 Å². The maximum Gasteiger partial charge on any atom is 0.143 e. The highest BCUT2D eigenvalue weighted by atomic mass is 32.1. The van der Waals surface area contributed by atoms with Crippen molar-refractivity contribution in [2.45, 2.75) is 39.7 Å². The van der Waals surface area contributed by atoms with Crippen LogP contribution in [0.3, 0.4) is 0 Å². The molecule has 1 aromatic carbocycles. The van der Waals surface area contributed by atoms with E-state index >= 15 is 0 Å². The van der Waals surface area contributed by atoms with Gasteiger partial charge >= 0.3 is 0 Å². The quantitative estimate of drug-likeness (QED) is 0.678. The molecule has 23 heavy (non-hydrogen) atoms. The number of benzene rings is 1. The average molecular weight is 327 g/mol. The number of hydrogen-bond donors (Lipinski definition) is 1. The Labute approximate surface area is 140 Å². The summed E-state index contributed by atoms with van der Waals surface area (Å²) in [5.74, 6) is 1.69. The fraction of sp³-hybridized carbons (Fsp3) is 0.333. The van der Waals surface area contributed by atoms with E-state index in [1.54, 1.807) is 17.7 Å². The van der Waals surface area contributed by atoms with Crippen LogP contribution in [0.4, 0.5) is 11.5 Å². The Morgan fingerprint density at radius 2 is 2.04 bits per heavy atom. The summed E-state index contributed by atoms with van der Waals surface area (Å²) in [6.45, 7) is 6.35. The van der Waals surface area contributed by atoms with Gasteiger partial charge in [0.25, 0.3) is 0 Å². The number of rotatable bonds is 6. The van der Waals surface area contributed by atoms with E-state index in [9.17, 15) is 0 Å². The molecule has 0 fully saturated rings. The fourth-order valence-electron chi connectivity index (χ4n) is 2.39. The summed E-state index contributed by atoms with van der Waals surface area (Å²) in [4.78, 5) is 9.84. The van der Waals surface area contributed by atoms with Gasteiger partial charge in [-0.15, -0.1) is 11.3 Å². The maximum atomic E-state index is 6.01. The van der Waals surface area contributed by atoms with Gasteiger partial charge in [-0.1, -0.05) is 26.0 Å². The van der Waals surface area contributed by atoms with E-state index in [-0.39, 0.29) is 6.10 Å². The lowest BCUT2D eigenvalue weighted by molar-refractivity contribution is 0.218. The highest BCUT2D eigenvalue weighted by molar-refractivity contribution is 7.17. The normalized spacial score (nSPS) is 12.3. The lowest BCUT2D eigenvalue weighted by atomic mass is 10.2. The first-order chi connectivity index (χ1) is 11.2. The first-order valence-electron chi connectivity index (χ1n) is 7.96. The third kappa shape index (κ3) is 3.29. The van der Waals surface area contributed by atoms with Crippen LogP contribution in [-0.4, -0.2) is 16.1 Å². The van der Waals surface area contributed by atoms with Crippen LogP contribution in [-0.2, 0) is 6.42 Å². The molecule has 0 saturated heterocycles. The molecule has 2 heterocycles. The number of hydrogen-bond acceptors (Lipinski definition) is 5. The summed E-state index contributed by atoms with van der Waals surface area (Å²) < 4.78 is 6.01. The highest BCUT2D eigenvalue weighted by Gasteiger charge is 2.13. The molecule has 0 radical (unpaired) electrons. The van der Waals surface area contributed by atoms with Crippen molar-refractivity contribution in [2.24, 2.45) is 0 Å². The van der Waals surface area contributed by atoms with Crippen molar-refractivity contribution in [3.05, 3.63) is 41.5 Å². The molecular weight excluding hydrogens is 306 g/mol. The van der Waals surface area contributed by atoms with Crippen LogP contribution >= 0.6 is 11.3 Å². The van der Waals surface area contributed by atoms with E-state index in [2.05, 4.69) is 41.4 Å². The van der Waals surface area contributed by atoms with Crippen LogP contribution in [0.1, 0.15) is 32.8 Å². The second-order valence-corrected chi connectivity index (χ2v) is 6.33. The van der Waals surface area contributed by atoms with Crippen LogP contribution in [0.2, 0.25) is 0 Å². The van der Waals surface area contributed by atoms with Crippen molar-refractivity contribution in [2.75, 3.05) is 5.32 Å². The predicted octanol–water partition coefficient (Wildman–Crippen LogP) is 5.17. The number of ether oxygens (including phenoxy) is 1. The third-order valence-electron chi connectivity index (χ3n) is 3.87. The van der Waals surface area contributed by atoms with Crippen LogP contribution < -0.4 is 10.1 Å². The molecule has 1 N–H and O–H groups in total. The van der Waals surface area contributed by atoms with E-state index in [0.717, 1.165) is 40.3 Å². The SMILES string of the molecule is CCc1csc2ncnc(Nc3ccccc3OC(C)CC)c12. The number of aromatic nitrogens is 2. The summed E-state index contributed by atoms with van der Waals surface area (Å²) in [6, 6.07) is 7.99. The van der Waals surface area contributed by atoms with Crippen molar-refractivity contribution in [3.8, 4) is 5.75 Å². The molecule has 3 aromatic rings. The van der Waals surface area contributed by atoms with Crippen molar-refractivity contribution >= 4 is 33.1 Å². The molecule has 4 nitrogen and oxygen atoms in total. The van der Waals surface area contributed by atoms with E-state index in [1.165, 1.54) is 5.56 Å². The molecule has 120 valence electrons. The molecule has 0 aliphatic heterocycles. The van der Waals surface area contributed by atoms with Crippen molar-refractivity contribution in [1.82, 2.24) is 9.97 Å². The van der Waals surface area contributed by atoms with Crippen LogP contribution in [0.15, 0.2) is 36.0 Å². The Balaban J connectivity index is 1.98. The number of thiophene rings is 1.